The Labute approximate surface area is 207 Å². The molecule has 1 aromatic heterocycles. The van der Waals surface area contributed by atoms with Gasteiger partial charge in [-0.1, -0.05) is 36.4 Å². The minimum atomic E-state index is -0.255. The van der Waals surface area contributed by atoms with Gasteiger partial charge in [0.05, 0.1) is 12.0 Å². The lowest BCUT2D eigenvalue weighted by atomic mass is 10.1. The highest BCUT2D eigenvalue weighted by molar-refractivity contribution is 8.18. The summed E-state index contributed by atoms with van der Waals surface area (Å²) in [6, 6.07) is 20.4. The molecule has 35 heavy (non-hydrogen) atoms. The van der Waals surface area contributed by atoms with E-state index in [4.69, 9.17) is 4.74 Å². The first kappa shape index (κ1) is 22.9. The Morgan fingerprint density at radius 2 is 1.91 bits per heavy atom. The van der Waals surface area contributed by atoms with Gasteiger partial charge in [0, 0.05) is 28.7 Å². The van der Waals surface area contributed by atoms with Gasteiger partial charge in [-0.25, -0.2) is 9.38 Å². The van der Waals surface area contributed by atoms with Crippen molar-refractivity contribution in [1.29, 1.82) is 0 Å². The highest BCUT2D eigenvalue weighted by Crippen LogP contribution is 2.35. The van der Waals surface area contributed by atoms with Crippen LogP contribution in [0.1, 0.15) is 22.4 Å². The molecule has 0 saturated carbocycles. The number of hydrogen-bond acceptors (Lipinski definition) is 4. The van der Waals surface area contributed by atoms with Crippen LogP contribution in [0.25, 0.3) is 17.0 Å². The van der Waals surface area contributed by atoms with Gasteiger partial charge < -0.3 is 14.6 Å². The monoisotopic (exact) mass is 485 g/mol. The molecule has 0 atom stereocenters. The fourth-order valence-corrected chi connectivity index (χ4v) is 5.09. The minimum absolute atomic E-state index is 0.193. The summed E-state index contributed by atoms with van der Waals surface area (Å²) in [5.41, 5.74) is 5.59. The summed E-state index contributed by atoms with van der Waals surface area (Å²) in [6.07, 6.45) is 1.91. The maximum Gasteiger partial charge on any atom is 0.264 e. The van der Waals surface area contributed by atoms with Gasteiger partial charge in [0.15, 0.2) is 5.17 Å². The van der Waals surface area contributed by atoms with Crippen molar-refractivity contribution in [3.05, 3.63) is 99.8 Å². The first-order valence-electron chi connectivity index (χ1n) is 11.2. The number of thioether (sulfide) groups is 1. The Balaban J connectivity index is 1.52. The summed E-state index contributed by atoms with van der Waals surface area (Å²) in [5, 5.41) is 4.41. The molecule has 1 N–H and O–H groups in total. The number of rotatable bonds is 5. The molecule has 1 aliphatic heterocycles. The van der Waals surface area contributed by atoms with Crippen molar-refractivity contribution in [2.75, 3.05) is 7.11 Å². The van der Waals surface area contributed by atoms with Crippen LogP contribution in [0.3, 0.4) is 0 Å². The number of hydrogen-bond donors (Lipinski definition) is 1. The second-order valence-electron chi connectivity index (χ2n) is 8.39. The molecule has 0 radical (unpaired) electrons. The molecule has 0 aliphatic carbocycles. The molecular weight excluding hydrogens is 461 g/mol. The van der Waals surface area contributed by atoms with Crippen molar-refractivity contribution in [3.8, 4) is 5.75 Å². The summed E-state index contributed by atoms with van der Waals surface area (Å²) in [5.74, 6) is 0.198. The number of amidine groups is 1. The van der Waals surface area contributed by atoms with Crippen LogP contribution in [0.15, 0.2) is 76.6 Å². The van der Waals surface area contributed by atoms with Crippen molar-refractivity contribution in [2.24, 2.45) is 4.99 Å². The third-order valence-electron chi connectivity index (χ3n) is 5.99. The number of aryl methyl sites for hydroxylation is 1. The number of nitrogens with zero attached hydrogens (tertiary/aromatic N) is 2. The van der Waals surface area contributed by atoms with E-state index >= 15 is 0 Å². The van der Waals surface area contributed by atoms with E-state index in [-0.39, 0.29) is 11.7 Å². The molecule has 0 unspecified atom stereocenters. The molecule has 7 heteroatoms. The number of ether oxygens (including phenoxy) is 1. The number of aromatic nitrogens is 1. The van der Waals surface area contributed by atoms with E-state index in [9.17, 15) is 9.18 Å². The third kappa shape index (κ3) is 4.59. The number of aliphatic imine (C=N–C) groups is 1. The SMILES string of the molecule is COc1ccc(C)cc1N=C1NC(=O)/C(=C/c2c(C)n(Cc3cccc(F)c3)c3ccccc23)S1. The van der Waals surface area contributed by atoms with E-state index in [0.717, 1.165) is 33.3 Å². The normalized spacial score (nSPS) is 15.8. The average Bonchev–Trinajstić information content (AvgIpc) is 3.31. The molecule has 0 bridgehead atoms. The minimum Gasteiger partial charge on any atom is -0.494 e. The van der Waals surface area contributed by atoms with E-state index < -0.39 is 0 Å². The summed E-state index contributed by atoms with van der Waals surface area (Å²) >= 11 is 1.30. The van der Waals surface area contributed by atoms with Crippen molar-refractivity contribution in [1.82, 2.24) is 9.88 Å². The van der Waals surface area contributed by atoms with Crippen LogP contribution in [0.2, 0.25) is 0 Å². The lowest BCUT2D eigenvalue weighted by Crippen LogP contribution is -2.19. The lowest BCUT2D eigenvalue weighted by molar-refractivity contribution is -0.115. The second kappa shape index (κ2) is 9.43. The number of nitrogens with one attached hydrogen (secondary N) is 1. The highest BCUT2D eigenvalue weighted by atomic mass is 32.2. The molecule has 1 fully saturated rings. The number of amides is 1. The zero-order valence-electron chi connectivity index (χ0n) is 19.6. The van der Waals surface area contributed by atoms with Crippen LogP contribution in [-0.4, -0.2) is 22.8 Å². The maximum atomic E-state index is 13.8. The number of methoxy groups -OCH3 is 1. The van der Waals surface area contributed by atoms with Crippen LogP contribution < -0.4 is 10.1 Å². The van der Waals surface area contributed by atoms with E-state index in [2.05, 4.69) is 14.9 Å². The highest BCUT2D eigenvalue weighted by Gasteiger charge is 2.25. The van der Waals surface area contributed by atoms with E-state index in [1.54, 1.807) is 19.2 Å². The number of carbonyl (C=O) groups excluding carboxylic acids is 1. The molecule has 1 saturated heterocycles. The van der Waals surface area contributed by atoms with Crippen molar-refractivity contribution >= 4 is 45.5 Å². The Hall–Kier alpha value is -3.84. The Bertz CT molecular complexity index is 1520. The van der Waals surface area contributed by atoms with Gasteiger partial charge in [-0.15, -0.1) is 0 Å². The number of para-hydroxylation sites is 1. The van der Waals surface area contributed by atoms with Crippen LogP contribution in [0, 0.1) is 19.7 Å². The Morgan fingerprint density at radius 1 is 1.09 bits per heavy atom. The zero-order valence-corrected chi connectivity index (χ0v) is 20.4. The Morgan fingerprint density at radius 3 is 2.71 bits per heavy atom. The molecule has 4 aromatic rings. The van der Waals surface area contributed by atoms with Crippen LogP contribution in [0.4, 0.5) is 10.1 Å². The van der Waals surface area contributed by atoms with Crippen LogP contribution in [0.5, 0.6) is 5.75 Å². The third-order valence-corrected chi connectivity index (χ3v) is 6.90. The molecule has 5 rings (SSSR count). The first-order valence-corrected chi connectivity index (χ1v) is 12.0. The predicted molar refractivity (Wildman–Crippen MR) is 141 cm³/mol. The number of halogens is 1. The van der Waals surface area contributed by atoms with Gasteiger partial charge in [0.2, 0.25) is 0 Å². The van der Waals surface area contributed by atoms with E-state index in [1.165, 1.54) is 17.8 Å². The van der Waals surface area contributed by atoms with Gasteiger partial charge in [-0.05, 0) is 73.1 Å². The topological polar surface area (TPSA) is 55.6 Å². The first-order chi connectivity index (χ1) is 16.9. The summed E-state index contributed by atoms with van der Waals surface area (Å²) < 4.78 is 21.3. The fraction of sp³-hybridized carbons (Fsp3) is 0.143. The molecule has 5 nitrogen and oxygen atoms in total. The van der Waals surface area contributed by atoms with Crippen molar-refractivity contribution in [2.45, 2.75) is 20.4 Å². The molecule has 1 amide bonds. The number of carbonyl (C=O) groups is 1. The largest absolute Gasteiger partial charge is 0.494 e. The quantitative estimate of drug-likeness (QED) is 0.335. The van der Waals surface area contributed by atoms with Crippen LogP contribution >= 0.6 is 11.8 Å². The molecule has 3 aromatic carbocycles. The predicted octanol–water partition coefficient (Wildman–Crippen LogP) is 6.35. The van der Waals surface area contributed by atoms with Crippen molar-refractivity contribution in [3.63, 3.8) is 0 Å². The molecule has 176 valence electrons. The Kier molecular flexibility index (Phi) is 6.17. The van der Waals surface area contributed by atoms with E-state index in [1.807, 2.05) is 68.5 Å². The standard InChI is InChI=1S/C28H24FN3O2S/c1-17-11-12-25(34-3)23(13-17)30-28-31-27(33)26(35-28)15-22-18(2)32(24-10-5-4-9-21(22)24)16-19-7-6-8-20(29)14-19/h4-15H,16H2,1-3H3,(H,30,31,33)/b26-15-. The lowest BCUT2D eigenvalue weighted by Gasteiger charge is -2.09. The summed E-state index contributed by atoms with van der Waals surface area (Å²) in [6.45, 7) is 4.54. The van der Waals surface area contributed by atoms with Gasteiger partial charge in [0.1, 0.15) is 17.3 Å². The second-order valence-corrected chi connectivity index (χ2v) is 9.42. The number of fused-ring (bicyclic) bond motifs is 1. The molecule has 0 spiro atoms. The smallest absolute Gasteiger partial charge is 0.264 e. The number of benzene rings is 3. The summed E-state index contributed by atoms with van der Waals surface area (Å²) in [7, 11) is 1.60. The average molecular weight is 486 g/mol. The summed E-state index contributed by atoms with van der Waals surface area (Å²) in [4.78, 5) is 18.0. The molecule has 2 heterocycles. The zero-order chi connectivity index (χ0) is 24.5. The van der Waals surface area contributed by atoms with Gasteiger partial charge in [-0.3, -0.25) is 4.79 Å². The van der Waals surface area contributed by atoms with E-state index in [0.29, 0.717) is 28.1 Å². The van der Waals surface area contributed by atoms with Crippen molar-refractivity contribution < 1.29 is 13.9 Å². The van der Waals surface area contributed by atoms with Gasteiger partial charge in [-0.2, -0.15) is 0 Å². The van der Waals surface area contributed by atoms with Gasteiger partial charge >= 0.3 is 0 Å². The molecular formula is C28H24FN3O2S. The maximum absolute atomic E-state index is 13.8. The molecule has 1 aliphatic rings. The van der Waals surface area contributed by atoms with Gasteiger partial charge in [0.25, 0.3) is 5.91 Å². The van der Waals surface area contributed by atoms with Crippen LogP contribution in [-0.2, 0) is 11.3 Å². The fourth-order valence-electron chi connectivity index (χ4n) is 4.27.